The zero-order valence-electron chi connectivity index (χ0n) is 11.3. The third-order valence-electron chi connectivity index (χ3n) is 2.86. The molecule has 2 heterocycles. The van der Waals surface area contributed by atoms with E-state index in [2.05, 4.69) is 15.3 Å². The molecule has 0 saturated carbocycles. The first-order valence-electron chi connectivity index (χ1n) is 6.44. The number of carbonyl (C=O) groups is 1. The first-order valence-corrected chi connectivity index (χ1v) is 6.44. The van der Waals surface area contributed by atoms with Crippen molar-refractivity contribution in [1.29, 1.82) is 0 Å². The minimum Gasteiger partial charge on any atom is -0.461 e. The SMILES string of the molecule is CCOC(=O)c1nnn(CCc2ccncc2)c1CN. The monoisotopic (exact) mass is 275 g/mol. The van der Waals surface area contributed by atoms with Crippen LogP contribution in [0, 0.1) is 0 Å². The molecule has 0 atom stereocenters. The minimum absolute atomic E-state index is 0.192. The summed E-state index contributed by atoms with van der Waals surface area (Å²) in [6.07, 6.45) is 4.25. The van der Waals surface area contributed by atoms with Crippen molar-refractivity contribution in [3.63, 3.8) is 0 Å². The van der Waals surface area contributed by atoms with E-state index >= 15 is 0 Å². The molecule has 2 N–H and O–H groups in total. The van der Waals surface area contributed by atoms with Crippen molar-refractivity contribution in [3.05, 3.63) is 41.5 Å². The number of hydrogen-bond acceptors (Lipinski definition) is 6. The van der Waals surface area contributed by atoms with Crippen LogP contribution in [-0.4, -0.2) is 32.6 Å². The Labute approximate surface area is 116 Å². The number of nitrogens with two attached hydrogens (primary N) is 1. The zero-order chi connectivity index (χ0) is 14.4. The molecule has 0 unspecified atom stereocenters. The molecule has 0 spiro atoms. The van der Waals surface area contributed by atoms with Crippen LogP contribution in [0.25, 0.3) is 0 Å². The highest BCUT2D eigenvalue weighted by atomic mass is 16.5. The van der Waals surface area contributed by atoms with Gasteiger partial charge in [0.1, 0.15) is 0 Å². The van der Waals surface area contributed by atoms with Crippen molar-refractivity contribution in [1.82, 2.24) is 20.0 Å². The Kier molecular flexibility index (Phi) is 4.78. The fraction of sp³-hybridized carbons (Fsp3) is 0.385. The molecule has 2 aromatic rings. The molecule has 20 heavy (non-hydrogen) atoms. The number of aryl methyl sites for hydroxylation is 2. The standard InChI is InChI=1S/C13H17N5O2/c1-2-20-13(19)12-11(9-14)18(17-16-12)8-5-10-3-6-15-7-4-10/h3-4,6-7H,2,5,8-9,14H2,1H3. The molecule has 2 aromatic heterocycles. The largest absolute Gasteiger partial charge is 0.461 e. The lowest BCUT2D eigenvalue weighted by Crippen LogP contribution is -2.15. The molecular weight excluding hydrogens is 258 g/mol. The molecule has 106 valence electrons. The molecule has 0 aliphatic carbocycles. The second-order valence-corrected chi connectivity index (χ2v) is 4.14. The number of ether oxygens (including phenoxy) is 1. The quantitative estimate of drug-likeness (QED) is 0.773. The predicted octanol–water partition coefficient (Wildman–Crippen LogP) is 0.551. The van der Waals surface area contributed by atoms with Gasteiger partial charge < -0.3 is 10.5 Å². The van der Waals surface area contributed by atoms with Crippen LogP contribution in [0.15, 0.2) is 24.5 Å². The van der Waals surface area contributed by atoms with E-state index in [0.29, 0.717) is 18.8 Å². The maximum Gasteiger partial charge on any atom is 0.360 e. The van der Waals surface area contributed by atoms with Crippen LogP contribution in [0.1, 0.15) is 28.7 Å². The van der Waals surface area contributed by atoms with Gasteiger partial charge in [-0.3, -0.25) is 4.98 Å². The van der Waals surface area contributed by atoms with Gasteiger partial charge in [0, 0.05) is 25.5 Å². The number of carbonyl (C=O) groups excluding carboxylic acids is 1. The Hall–Kier alpha value is -2.28. The molecule has 0 aliphatic rings. The van der Waals surface area contributed by atoms with E-state index in [0.717, 1.165) is 12.0 Å². The van der Waals surface area contributed by atoms with Crippen molar-refractivity contribution < 1.29 is 9.53 Å². The van der Waals surface area contributed by atoms with Crippen molar-refractivity contribution in [3.8, 4) is 0 Å². The van der Waals surface area contributed by atoms with E-state index in [1.54, 1.807) is 24.0 Å². The number of nitrogens with zero attached hydrogens (tertiary/aromatic N) is 4. The van der Waals surface area contributed by atoms with Gasteiger partial charge in [-0.2, -0.15) is 0 Å². The maximum absolute atomic E-state index is 11.7. The van der Waals surface area contributed by atoms with E-state index in [4.69, 9.17) is 10.5 Å². The lowest BCUT2D eigenvalue weighted by molar-refractivity contribution is 0.0518. The second-order valence-electron chi connectivity index (χ2n) is 4.14. The fourth-order valence-electron chi connectivity index (χ4n) is 1.86. The van der Waals surface area contributed by atoms with Gasteiger partial charge in [-0.25, -0.2) is 9.48 Å². The molecule has 0 aliphatic heterocycles. The average Bonchev–Trinajstić information content (AvgIpc) is 2.89. The molecule has 0 amide bonds. The van der Waals surface area contributed by atoms with Gasteiger partial charge >= 0.3 is 5.97 Å². The Morgan fingerprint density at radius 2 is 2.15 bits per heavy atom. The lowest BCUT2D eigenvalue weighted by atomic mass is 10.2. The number of rotatable bonds is 6. The molecule has 7 nitrogen and oxygen atoms in total. The lowest BCUT2D eigenvalue weighted by Gasteiger charge is -2.06. The summed E-state index contributed by atoms with van der Waals surface area (Å²) in [7, 11) is 0. The summed E-state index contributed by atoms with van der Waals surface area (Å²) in [5.41, 5.74) is 7.61. The van der Waals surface area contributed by atoms with Gasteiger partial charge in [-0.1, -0.05) is 5.21 Å². The summed E-state index contributed by atoms with van der Waals surface area (Å²) < 4.78 is 6.57. The first-order chi connectivity index (χ1) is 9.76. The molecule has 0 saturated heterocycles. The molecule has 7 heteroatoms. The van der Waals surface area contributed by atoms with E-state index in [1.165, 1.54) is 0 Å². The van der Waals surface area contributed by atoms with Crippen LogP contribution >= 0.6 is 0 Å². The summed E-state index contributed by atoms with van der Waals surface area (Å²) >= 11 is 0. The third kappa shape index (κ3) is 3.18. The van der Waals surface area contributed by atoms with Gasteiger partial charge in [0.25, 0.3) is 0 Å². The molecular formula is C13H17N5O2. The van der Waals surface area contributed by atoms with E-state index < -0.39 is 5.97 Å². The van der Waals surface area contributed by atoms with E-state index in [9.17, 15) is 4.79 Å². The molecule has 0 aromatic carbocycles. The zero-order valence-corrected chi connectivity index (χ0v) is 11.3. The number of hydrogen-bond donors (Lipinski definition) is 1. The Morgan fingerprint density at radius 1 is 1.40 bits per heavy atom. The minimum atomic E-state index is -0.483. The highest BCUT2D eigenvalue weighted by Gasteiger charge is 2.19. The Balaban J connectivity index is 2.10. The second kappa shape index (κ2) is 6.76. The van der Waals surface area contributed by atoms with E-state index in [-0.39, 0.29) is 12.2 Å². The predicted molar refractivity (Wildman–Crippen MR) is 71.8 cm³/mol. The number of pyridine rings is 1. The van der Waals surface area contributed by atoms with Crippen LogP contribution in [0.3, 0.4) is 0 Å². The smallest absolute Gasteiger partial charge is 0.360 e. The highest BCUT2D eigenvalue weighted by Crippen LogP contribution is 2.08. The topological polar surface area (TPSA) is 95.9 Å². The number of esters is 1. The van der Waals surface area contributed by atoms with Crippen LogP contribution in [0.4, 0.5) is 0 Å². The van der Waals surface area contributed by atoms with Crippen LogP contribution in [0.5, 0.6) is 0 Å². The van der Waals surface area contributed by atoms with Crippen molar-refractivity contribution in [2.75, 3.05) is 6.61 Å². The Bertz CT molecular complexity index is 567. The normalized spacial score (nSPS) is 10.5. The highest BCUT2D eigenvalue weighted by molar-refractivity contribution is 5.88. The van der Waals surface area contributed by atoms with Crippen molar-refractivity contribution in [2.45, 2.75) is 26.4 Å². The summed E-state index contributed by atoms with van der Waals surface area (Å²) in [5.74, 6) is -0.483. The Morgan fingerprint density at radius 3 is 2.80 bits per heavy atom. The van der Waals surface area contributed by atoms with Crippen LogP contribution in [0.2, 0.25) is 0 Å². The summed E-state index contributed by atoms with van der Waals surface area (Å²) in [6, 6.07) is 3.87. The van der Waals surface area contributed by atoms with Crippen LogP contribution < -0.4 is 5.73 Å². The van der Waals surface area contributed by atoms with Gasteiger partial charge in [-0.15, -0.1) is 5.10 Å². The first kappa shape index (κ1) is 14.1. The van der Waals surface area contributed by atoms with Crippen LogP contribution in [-0.2, 0) is 24.2 Å². The van der Waals surface area contributed by atoms with E-state index in [1.807, 2.05) is 12.1 Å². The van der Waals surface area contributed by atoms with Crippen molar-refractivity contribution >= 4 is 5.97 Å². The number of aromatic nitrogens is 4. The third-order valence-corrected chi connectivity index (χ3v) is 2.86. The van der Waals surface area contributed by atoms with Crippen molar-refractivity contribution in [2.24, 2.45) is 5.73 Å². The van der Waals surface area contributed by atoms with Gasteiger partial charge in [0.15, 0.2) is 5.69 Å². The average molecular weight is 275 g/mol. The fourth-order valence-corrected chi connectivity index (χ4v) is 1.86. The molecule has 2 rings (SSSR count). The van der Waals surface area contributed by atoms with Gasteiger partial charge in [0.05, 0.1) is 12.3 Å². The van der Waals surface area contributed by atoms with Gasteiger partial charge in [-0.05, 0) is 31.0 Å². The summed E-state index contributed by atoms with van der Waals surface area (Å²) in [6.45, 7) is 2.83. The van der Waals surface area contributed by atoms with Gasteiger partial charge in [0.2, 0.25) is 0 Å². The summed E-state index contributed by atoms with van der Waals surface area (Å²) in [5, 5.41) is 7.84. The molecule has 0 bridgehead atoms. The molecule has 0 radical (unpaired) electrons. The maximum atomic E-state index is 11.7. The molecule has 0 fully saturated rings. The summed E-state index contributed by atoms with van der Waals surface area (Å²) in [4.78, 5) is 15.7.